The fourth-order valence-corrected chi connectivity index (χ4v) is 16.3. The first-order valence-electron chi connectivity index (χ1n) is 33.0. The minimum Gasteiger partial charge on any atom is -0.341 e. The lowest BCUT2D eigenvalue weighted by atomic mass is 9.88. The van der Waals surface area contributed by atoms with Gasteiger partial charge < -0.3 is 23.5 Å². The lowest BCUT2D eigenvalue weighted by Gasteiger charge is -2.28. The maximum atomic E-state index is 2.55. The Hall–Kier alpha value is -12.4. The molecule has 17 aromatic carbocycles. The molecule has 0 spiro atoms. The largest absolute Gasteiger partial charge is 0.341 e. The van der Waals surface area contributed by atoms with Gasteiger partial charge in [-0.15, -0.1) is 0 Å². The third kappa shape index (κ3) is 7.97. The van der Waals surface area contributed by atoms with Gasteiger partial charge in [-0.1, -0.05) is 212 Å². The van der Waals surface area contributed by atoms with E-state index in [1.165, 1.54) is 147 Å². The molecule has 3 aromatic heterocycles. The molecule has 3 heterocycles. The molecule has 0 radical (unpaired) electrons. The molecular formula is C90H59N5. The van der Waals surface area contributed by atoms with Crippen LogP contribution in [-0.2, 0) is 6.54 Å². The molecule has 20 rings (SSSR count). The minimum atomic E-state index is 0.842. The molecule has 0 atom stereocenters. The summed E-state index contributed by atoms with van der Waals surface area (Å²) in [6.45, 7) is 3.10. The lowest BCUT2D eigenvalue weighted by Crippen LogP contribution is -2.10. The van der Waals surface area contributed by atoms with Gasteiger partial charge in [0.15, 0.2) is 0 Å². The van der Waals surface area contributed by atoms with E-state index in [1.807, 2.05) is 0 Å². The zero-order valence-corrected chi connectivity index (χ0v) is 52.1. The van der Waals surface area contributed by atoms with Crippen LogP contribution in [0.1, 0.15) is 6.92 Å². The number of para-hydroxylation sites is 3. The van der Waals surface area contributed by atoms with Crippen molar-refractivity contribution in [1.29, 1.82) is 0 Å². The molecule has 0 aliphatic carbocycles. The van der Waals surface area contributed by atoms with E-state index in [0.29, 0.717) is 0 Å². The van der Waals surface area contributed by atoms with Gasteiger partial charge in [0.2, 0.25) is 0 Å². The maximum absolute atomic E-state index is 2.55. The second-order valence-electron chi connectivity index (χ2n) is 25.4. The Morgan fingerprint density at radius 1 is 0.242 bits per heavy atom. The van der Waals surface area contributed by atoms with E-state index in [-0.39, 0.29) is 0 Å². The van der Waals surface area contributed by atoms with E-state index < -0.39 is 0 Å². The van der Waals surface area contributed by atoms with Crippen LogP contribution in [-0.4, -0.2) is 13.7 Å². The van der Waals surface area contributed by atoms with Gasteiger partial charge in [-0.25, -0.2) is 0 Å². The summed E-state index contributed by atoms with van der Waals surface area (Å²) in [4.78, 5) is 4.90. The van der Waals surface area contributed by atoms with Crippen molar-refractivity contribution >= 4 is 164 Å². The van der Waals surface area contributed by atoms with E-state index >= 15 is 0 Å². The molecule has 444 valence electrons. The van der Waals surface area contributed by atoms with E-state index in [1.54, 1.807) is 0 Å². The third-order valence-corrected chi connectivity index (χ3v) is 20.4. The van der Waals surface area contributed by atoms with E-state index in [2.05, 4.69) is 358 Å². The van der Waals surface area contributed by atoms with Crippen molar-refractivity contribution in [3.63, 3.8) is 0 Å². The standard InChI is InChI=1S/C90H59N5/c1-2-91-79-49-44-65(92(63-28-5-3-6-29-63)81-38-18-24-57-21-9-12-32-67(57)81)53-75(79)76-54-66(45-50-80(76)91)93(64-30-7-4-8-31-64)85-48-43-62-51-74(72-36-17-27-60-41-47-73(85)90(62)89(60)72)61-42-46-71-78-56-87-77(55-88(78)95(86(71)52-61)83-40-20-26-59-23-11-14-34-69(59)83)70-35-15-16-37-84(70)94(87)82-39-19-25-58-22-10-13-33-68(58)82/h3-56H,2H2,1H3. The van der Waals surface area contributed by atoms with Gasteiger partial charge in [0.25, 0.3) is 0 Å². The first kappa shape index (κ1) is 53.2. The summed E-state index contributed by atoms with van der Waals surface area (Å²) in [5.41, 5.74) is 18.6. The van der Waals surface area contributed by atoms with Gasteiger partial charge in [-0.3, -0.25) is 0 Å². The number of aryl methyl sites for hydroxylation is 1. The second-order valence-corrected chi connectivity index (χ2v) is 25.4. The Bertz CT molecular complexity index is 6510. The Labute approximate surface area is 547 Å². The number of hydrogen-bond donors (Lipinski definition) is 0. The van der Waals surface area contributed by atoms with Crippen molar-refractivity contribution in [2.75, 3.05) is 9.80 Å². The van der Waals surface area contributed by atoms with Crippen LogP contribution in [0.15, 0.2) is 328 Å². The normalized spacial score (nSPS) is 12.1. The predicted octanol–water partition coefficient (Wildman–Crippen LogP) is 25.0. The second kappa shape index (κ2) is 20.8. The first-order valence-corrected chi connectivity index (χ1v) is 33.0. The van der Waals surface area contributed by atoms with Crippen molar-refractivity contribution in [1.82, 2.24) is 13.7 Å². The van der Waals surface area contributed by atoms with Gasteiger partial charge in [0.05, 0.1) is 44.8 Å². The smallest absolute Gasteiger partial charge is 0.0549 e. The summed E-state index contributed by atoms with van der Waals surface area (Å²) in [5.74, 6) is 0. The summed E-state index contributed by atoms with van der Waals surface area (Å²) in [6.07, 6.45) is 0. The van der Waals surface area contributed by atoms with Gasteiger partial charge in [-0.05, 0) is 176 Å². The molecule has 0 amide bonds. The van der Waals surface area contributed by atoms with E-state index in [9.17, 15) is 0 Å². The first-order chi connectivity index (χ1) is 47.1. The molecule has 5 heteroatoms. The number of aromatic nitrogens is 3. The summed E-state index contributed by atoms with van der Waals surface area (Å²) >= 11 is 0. The molecule has 0 saturated heterocycles. The molecule has 0 aliphatic heterocycles. The average molecular weight is 1210 g/mol. The highest BCUT2D eigenvalue weighted by atomic mass is 15.2. The Balaban J connectivity index is 0.777. The lowest BCUT2D eigenvalue weighted by molar-refractivity contribution is 0.827. The third-order valence-electron chi connectivity index (χ3n) is 20.4. The van der Waals surface area contributed by atoms with Crippen molar-refractivity contribution in [3.8, 4) is 22.5 Å². The van der Waals surface area contributed by atoms with Gasteiger partial charge >= 0.3 is 0 Å². The molecule has 0 fully saturated rings. The summed E-state index contributed by atoms with van der Waals surface area (Å²) in [7, 11) is 0. The van der Waals surface area contributed by atoms with Crippen LogP contribution >= 0.6 is 0 Å². The van der Waals surface area contributed by atoms with Gasteiger partial charge in [-0.2, -0.15) is 0 Å². The molecule has 0 saturated carbocycles. The Kier molecular flexibility index (Phi) is 11.7. The number of nitrogens with zero attached hydrogens (tertiary/aromatic N) is 5. The highest BCUT2D eigenvalue weighted by Crippen LogP contribution is 2.50. The Morgan fingerprint density at radius 3 is 1.32 bits per heavy atom. The van der Waals surface area contributed by atoms with Crippen molar-refractivity contribution < 1.29 is 0 Å². The number of benzene rings is 17. The fourth-order valence-electron chi connectivity index (χ4n) is 16.3. The number of hydrogen-bond acceptors (Lipinski definition) is 2. The average Bonchev–Trinajstić information content (AvgIpc) is 1.68. The number of anilines is 6. The zero-order chi connectivity index (χ0) is 62.4. The molecule has 0 N–H and O–H groups in total. The van der Waals surface area contributed by atoms with E-state index in [4.69, 9.17) is 0 Å². The zero-order valence-electron chi connectivity index (χ0n) is 52.1. The Morgan fingerprint density at radius 2 is 0.684 bits per heavy atom. The molecule has 20 aromatic rings. The van der Waals surface area contributed by atoms with Crippen LogP contribution in [0.4, 0.5) is 34.1 Å². The molecule has 0 aliphatic rings. The topological polar surface area (TPSA) is 21.3 Å². The number of rotatable bonds is 10. The molecule has 0 unspecified atom stereocenters. The monoisotopic (exact) mass is 1210 g/mol. The molecule has 5 nitrogen and oxygen atoms in total. The van der Waals surface area contributed by atoms with Crippen LogP contribution in [0.25, 0.3) is 153 Å². The van der Waals surface area contributed by atoms with Crippen molar-refractivity contribution in [2.24, 2.45) is 0 Å². The van der Waals surface area contributed by atoms with Gasteiger partial charge in [0.1, 0.15) is 0 Å². The molecule has 0 bridgehead atoms. The maximum Gasteiger partial charge on any atom is 0.0549 e. The van der Waals surface area contributed by atoms with Crippen LogP contribution in [0.2, 0.25) is 0 Å². The minimum absolute atomic E-state index is 0.842. The predicted molar refractivity (Wildman–Crippen MR) is 405 cm³/mol. The summed E-state index contributed by atoms with van der Waals surface area (Å²) in [6, 6.07) is 122. The molecular weight excluding hydrogens is 1150 g/mol. The van der Waals surface area contributed by atoms with Crippen LogP contribution in [0, 0.1) is 0 Å². The van der Waals surface area contributed by atoms with Crippen molar-refractivity contribution in [3.05, 3.63) is 328 Å². The summed E-state index contributed by atoms with van der Waals surface area (Å²) in [5, 5.41) is 22.0. The van der Waals surface area contributed by atoms with Gasteiger partial charge in [0, 0.05) is 94.2 Å². The molecule has 95 heavy (non-hydrogen) atoms. The highest BCUT2D eigenvalue weighted by Gasteiger charge is 2.26. The fraction of sp³-hybridized carbons (Fsp3) is 0.0222. The van der Waals surface area contributed by atoms with E-state index in [0.717, 1.165) is 46.4 Å². The van der Waals surface area contributed by atoms with Crippen LogP contribution in [0.5, 0.6) is 0 Å². The SMILES string of the molecule is CCn1c2ccc(N(c3ccccc3)c3cccc4ccccc34)cc2c2cc(N(c3ccccc3)c3ccc4cc(-c5ccc6c7cc8c(cc7n(-c7cccc9ccccc79)c6c5)c5ccccc5n8-c5cccc6ccccc56)c5cccc6ccc3c4c65)ccc21. The van der Waals surface area contributed by atoms with Crippen LogP contribution in [0.3, 0.4) is 0 Å². The van der Waals surface area contributed by atoms with Crippen molar-refractivity contribution in [2.45, 2.75) is 13.5 Å². The summed E-state index contributed by atoms with van der Waals surface area (Å²) < 4.78 is 7.51. The van der Waals surface area contributed by atoms with Crippen LogP contribution < -0.4 is 9.80 Å². The number of fused-ring (bicyclic) bond motifs is 12. The highest BCUT2D eigenvalue weighted by molar-refractivity contribution is 6.29. The quantitative estimate of drug-likeness (QED) is 0.127.